The zero-order chi connectivity index (χ0) is 16.1. The van der Waals surface area contributed by atoms with Gasteiger partial charge in [0.2, 0.25) is 0 Å². The van der Waals surface area contributed by atoms with Crippen LogP contribution in [0.15, 0.2) is 48.5 Å². The number of benzene rings is 2. The van der Waals surface area contributed by atoms with Crippen molar-refractivity contribution in [2.24, 2.45) is 0 Å². The maximum atomic E-state index is 10.9. The Kier molecular flexibility index (Phi) is 5.83. The van der Waals surface area contributed by atoms with Crippen LogP contribution >= 0.6 is 23.2 Å². The molecular formula is C17H16Cl2O3. The normalized spacial score (nSPS) is 13.6. The molecule has 2 atom stereocenters. The number of hydrogen-bond acceptors (Lipinski definition) is 2. The van der Waals surface area contributed by atoms with E-state index >= 15 is 0 Å². The molecule has 0 heterocycles. The Hall–Kier alpha value is -1.55. The highest BCUT2D eigenvalue weighted by Crippen LogP contribution is 2.36. The highest BCUT2D eigenvalue weighted by molar-refractivity contribution is 6.30. The maximum absolute atomic E-state index is 10.9. The number of carbonyl (C=O) groups is 1. The fraction of sp³-hybridized carbons (Fsp3) is 0.235. The standard InChI is InChI=1S/C17H16Cl2O3/c18-13-6-4-11(5-7-13)17(22)15(8-9-16(20)21)12-2-1-3-14(19)10-12/h1-7,10,15,17,22H,8-9H2,(H,20,21)/t15-,17+/m0/s1. The van der Waals surface area contributed by atoms with E-state index in [-0.39, 0.29) is 12.3 Å². The highest BCUT2D eigenvalue weighted by Gasteiger charge is 2.23. The average Bonchev–Trinajstić information content (AvgIpc) is 2.48. The van der Waals surface area contributed by atoms with Gasteiger partial charge in [0.15, 0.2) is 0 Å². The quantitative estimate of drug-likeness (QED) is 0.804. The summed E-state index contributed by atoms with van der Waals surface area (Å²) >= 11 is 11.9. The molecule has 22 heavy (non-hydrogen) atoms. The first-order chi connectivity index (χ1) is 10.5. The number of halogens is 2. The Balaban J connectivity index is 2.30. The second-order valence-corrected chi connectivity index (χ2v) is 5.96. The first kappa shape index (κ1) is 16.8. The van der Waals surface area contributed by atoms with Crippen molar-refractivity contribution in [1.82, 2.24) is 0 Å². The Labute approximate surface area is 139 Å². The van der Waals surface area contributed by atoms with Crippen molar-refractivity contribution in [2.75, 3.05) is 0 Å². The second kappa shape index (κ2) is 7.63. The van der Waals surface area contributed by atoms with E-state index in [4.69, 9.17) is 28.3 Å². The molecule has 0 spiro atoms. The lowest BCUT2D eigenvalue weighted by Crippen LogP contribution is -2.13. The molecule has 0 aliphatic carbocycles. The van der Waals surface area contributed by atoms with Crippen molar-refractivity contribution >= 4 is 29.2 Å². The summed E-state index contributed by atoms with van der Waals surface area (Å²) in [5.74, 6) is -1.24. The average molecular weight is 339 g/mol. The first-order valence-electron chi connectivity index (χ1n) is 6.88. The van der Waals surface area contributed by atoms with Crippen LogP contribution in [0.4, 0.5) is 0 Å². The van der Waals surface area contributed by atoms with Gasteiger partial charge >= 0.3 is 5.97 Å². The van der Waals surface area contributed by atoms with E-state index in [1.165, 1.54) is 0 Å². The number of carboxylic acids is 1. The fourth-order valence-corrected chi connectivity index (χ4v) is 2.74. The molecule has 2 aromatic rings. The van der Waals surface area contributed by atoms with E-state index in [1.807, 2.05) is 6.07 Å². The van der Waals surface area contributed by atoms with Gasteiger partial charge in [0.1, 0.15) is 0 Å². The minimum absolute atomic E-state index is 0.0260. The minimum atomic E-state index is -0.893. The van der Waals surface area contributed by atoms with E-state index in [9.17, 15) is 9.90 Å². The maximum Gasteiger partial charge on any atom is 0.303 e. The largest absolute Gasteiger partial charge is 0.481 e. The number of hydrogen-bond donors (Lipinski definition) is 2. The van der Waals surface area contributed by atoms with Crippen molar-refractivity contribution in [1.29, 1.82) is 0 Å². The lowest BCUT2D eigenvalue weighted by Gasteiger charge is -2.23. The topological polar surface area (TPSA) is 57.5 Å². The summed E-state index contributed by atoms with van der Waals surface area (Å²) in [5.41, 5.74) is 1.51. The van der Waals surface area contributed by atoms with Gasteiger partial charge < -0.3 is 10.2 Å². The zero-order valence-electron chi connectivity index (χ0n) is 11.7. The summed E-state index contributed by atoms with van der Waals surface area (Å²) in [6.45, 7) is 0. The number of rotatable bonds is 6. The van der Waals surface area contributed by atoms with Gasteiger partial charge in [-0.1, -0.05) is 47.5 Å². The number of aliphatic hydroxyl groups is 1. The van der Waals surface area contributed by atoms with Crippen LogP contribution in [0.3, 0.4) is 0 Å². The van der Waals surface area contributed by atoms with Crippen LogP contribution in [0.1, 0.15) is 36.0 Å². The molecule has 0 saturated heterocycles. The summed E-state index contributed by atoms with van der Waals surface area (Å²) in [5, 5.41) is 20.7. The molecular weight excluding hydrogens is 323 g/mol. The third-order valence-electron chi connectivity index (χ3n) is 3.54. The molecule has 0 aliphatic heterocycles. The predicted octanol–water partition coefficient (Wildman–Crippen LogP) is 4.68. The number of aliphatic carboxylic acids is 1. The molecule has 0 bridgehead atoms. The van der Waals surface area contributed by atoms with Gasteiger partial charge in [-0.2, -0.15) is 0 Å². The van der Waals surface area contributed by atoms with E-state index in [0.717, 1.165) is 5.56 Å². The molecule has 2 N–H and O–H groups in total. The van der Waals surface area contributed by atoms with Crippen LogP contribution in [0.2, 0.25) is 10.0 Å². The van der Waals surface area contributed by atoms with Crippen molar-refractivity contribution in [3.63, 3.8) is 0 Å². The molecule has 2 rings (SSSR count). The van der Waals surface area contributed by atoms with Crippen LogP contribution in [-0.2, 0) is 4.79 Å². The molecule has 0 radical (unpaired) electrons. The fourth-order valence-electron chi connectivity index (χ4n) is 2.42. The van der Waals surface area contributed by atoms with Crippen LogP contribution in [0.5, 0.6) is 0 Å². The molecule has 0 amide bonds. The van der Waals surface area contributed by atoms with Gasteiger partial charge in [-0.3, -0.25) is 4.79 Å². The van der Waals surface area contributed by atoms with Gasteiger partial charge in [0, 0.05) is 22.4 Å². The SMILES string of the molecule is O=C(O)CC[C@@H](c1cccc(Cl)c1)[C@H](O)c1ccc(Cl)cc1. The van der Waals surface area contributed by atoms with Gasteiger partial charge in [-0.05, 0) is 41.8 Å². The lowest BCUT2D eigenvalue weighted by atomic mass is 9.85. The van der Waals surface area contributed by atoms with E-state index < -0.39 is 12.1 Å². The van der Waals surface area contributed by atoms with Crippen LogP contribution < -0.4 is 0 Å². The first-order valence-corrected chi connectivity index (χ1v) is 7.64. The van der Waals surface area contributed by atoms with Gasteiger partial charge in [-0.15, -0.1) is 0 Å². The van der Waals surface area contributed by atoms with Crippen molar-refractivity contribution in [3.05, 3.63) is 69.7 Å². The third kappa shape index (κ3) is 4.47. The minimum Gasteiger partial charge on any atom is -0.481 e. The van der Waals surface area contributed by atoms with E-state index in [1.54, 1.807) is 42.5 Å². The molecule has 0 fully saturated rings. The molecule has 116 valence electrons. The zero-order valence-corrected chi connectivity index (χ0v) is 13.3. The molecule has 3 nitrogen and oxygen atoms in total. The van der Waals surface area contributed by atoms with Crippen LogP contribution in [0, 0.1) is 0 Å². The third-order valence-corrected chi connectivity index (χ3v) is 4.03. The van der Waals surface area contributed by atoms with E-state index in [0.29, 0.717) is 22.0 Å². The lowest BCUT2D eigenvalue weighted by molar-refractivity contribution is -0.137. The van der Waals surface area contributed by atoms with Crippen molar-refractivity contribution in [2.45, 2.75) is 24.9 Å². The number of carboxylic acid groups (broad SMARTS) is 1. The van der Waals surface area contributed by atoms with Crippen molar-refractivity contribution in [3.8, 4) is 0 Å². The van der Waals surface area contributed by atoms with E-state index in [2.05, 4.69) is 0 Å². The molecule has 0 aromatic heterocycles. The van der Waals surface area contributed by atoms with Gasteiger partial charge in [0.25, 0.3) is 0 Å². The van der Waals surface area contributed by atoms with Crippen LogP contribution in [0.25, 0.3) is 0 Å². The molecule has 0 aliphatic rings. The van der Waals surface area contributed by atoms with Crippen LogP contribution in [-0.4, -0.2) is 16.2 Å². The predicted molar refractivity (Wildman–Crippen MR) is 87.5 cm³/mol. The molecule has 2 aromatic carbocycles. The Morgan fingerprint density at radius 1 is 1.00 bits per heavy atom. The molecule has 0 saturated carbocycles. The highest BCUT2D eigenvalue weighted by atomic mass is 35.5. The summed E-state index contributed by atoms with van der Waals surface area (Å²) in [4.78, 5) is 10.9. The Bertz CT molecular complexity index is 641. The number of aliphatic hydroxyl groups excluding tert-OH is 1. The Morgan fingerprint density at radius 3 is 2.27 bits per heavy atom. The summed E-state index contributed by atoms with van der Waals surface area (Å²) < 4.78 is 0. The van der Waals surface area contributed by atoms with Gasteiger partial charge in [0.05, 0.1) is 6.10 Å². The monoisotopic (exact) mass is 338 g/mol. The van der Waals surface area contributed by atoms with Crippen molar-refractivity contribution < 1.29 is 15.0 Å². The van der Waals surface area contributed by atoms with Gasteiger partial charge in [-0.25, -0.2) is 0 Å². The molecule has 5 heteroatoms. The Morgan fingerprint density at radius 2 is 1.68 bits per heavy atom. The summed E-state index contributed by atoms with van der Waals surface area (Å²) in [6.07, 6.45) is -0.531. The smallest absolute Gasteiger partial charge is 0.303 e. The second-order valence-electron chi connectivity index (χ2n) is 5.09. The molecule has 0 unspecified atom stereocenters. The summed E-state index contributed by atoms with van der Waals surface area (Å²) in [6, 6.07) is 14.0. The summed E-state index contributed by atoms with van der Waals surface area (Å²) in [7, 11) is 0.